The first-order chi connectivity index (χ1) is 8.88. The van der Waals surface area contributed by atoms with E-state index in [2.05, 4.69) is 5.32 Å². The zero-order chi connectivity index (χ0) is 14.1. The summed E-state index contributed by atoms with van der Waals surface area (Å²) < 4.78 is 43.9. The van der Waals surface area contributed by atoms with Crippen LogP contribution in [0.2, 0.25) is 0 Å². The fourth-order valence-electron chi connectivity index (χ4n) is 1.83. The third-order valence-corrected chi connectivity index (χ3v) is 3.15. The molecular weight excluding hydrogens is 257 g/mol. The average Bonchev–Trinajstić information content (AvgIpc) is 3.10. The van der Waals surface area contributed by atoms with Gasteiger partial charge in [0, 0.05) is 11.8 Å². The smallest absolute Gasteiger partial charge is 0.411 e. The van der Waals surface area contributed by atoms with Crippen molar-refractivity contribution in [3.05, 3.63) is 18.2 Å². The van der Waals surface area contributed by atoms with Crippen molar-refractivity contribution in [1.29, 1.82) is 0 Å². The minimum absolute atomic E-state index is 0.103. The molecule has 19 heavy (non-hydrogen) atoms. The first-order valence-electron chi connectivity index (χ1n) is 6.25. The van der Waals surface area contributed by atoms with E-state index in [9.17, 15) is 13.2 Å². The van der Waals surface area contributed by atoms with E-state index >= 15 is 0 Å². The maximum absolute atomic E-state index is 12.8. The van der Waals surface area contributed by atoms with Crippen LogP contribution in [-0.4, -0.2) is 18.3 Å². The third-order valence-electron chi connectivity index (χ3n) is 3.15. The summed E-state index contributed by atoms with van der Waals surface area (Å²) in [6.45, 7) is 2.43. The van der Waals surface area contributed by atoms with Gasteiger partial charge in [0.2, 0.25) is 0 Å². The quantitative estimate of drug-likeness (QED) is 0.807. The molecule has 1 aliphatic carbocycles. The molecule has 0 saturated heterocycles. The Morgan fingerprint density at radius 3 is 2.58 bits per heavy atom. The molecule has 0 bridgehead atoms. The molecule has 1 saturated carbocycles. The molecule has 1 aromatic rings. The van der Waals surface area contributed by atoms with Gasteiger partial charge in [0.15, 0.2) is 0 Å². The number of anilines is 2. The molecule has 0 radical (unpaired) electrons. The second-order valence-electron chi connectivity index (χ2n) is 4.81. The normalized spacial score (nSPS) is 17.1. The molecule has 6 heteroatoms. The molecule has 0 aliphatic heterocycles. The van der Waals surface area contributed by atoms with Gasteiger partial charge >= 0.3 is 6.18 Å². The predicted molar refractivity (Wildman–Crippen MR) is 68.3 cm³/mol. The van der Waals surface area contributed by atoms with E-state index in [0.717, 1.165) is 6.42 Å². The summed E-state index contributed by atoms with van der Waals surface area (Å²) in [6.07, 6.45) is -3.22. The van der Waals surface area contributed by atoms with Crippen LogP contribution < -0.4 is 15.8 Å². The topological polar surface area (TPSA) is 47.3 Å². The SMILES string of the molecule is CCCOc1cc(NC2(C(F)(F)F)CC2)ccc1N. The monoisotopic (exact) mass is 274 g/mol. The maximum Gasteiger partial charge on any atom is 0.411 e. The minimum Gasteiger partial charge on any atom is -0.491 e. The number of nitrogen functional groups attached to an aromatic ring is 1. The summed E-state index contributed by atoms with van der Waals surface area (Å²) in [7, 11) is 0. The largest absolute Gasteiger partial charge is 0.491 e. The van der Waals surface area contributed by atoms with Crippen LogP contribution in [0.5, 0.6) is 5.75 Å². The Labute approximate surface area is 109 Å². The van der Waals surface area contributed by atoms with Gasteiger partial charge in [-0.15, -0.1) is 0 Å². The van der Waals surface area contributed by atoms with Crippen molar-refractivity contribution in [2.75, 3.05) is 17.7 Å². The second-order valence-corrected chi connectivity index (χ2v) is 4.81. The van der Waals surface area contributed by atoms with Crippen LogP contribution in [-0.2, 0) is 0 Å². The Hall–Kier alpha value is -1.59. The molecule has 1 fully saturated rings. The lowest BCUT2D eigenvalue weighted by Crippen LogP contribution is -2.38. The van der Waals surface area contributed by atoms with Crippen molar-refractivity contribution in [3.63, 3.8) is 0 Å². The highest BCUT2D eigenvalue weighted by atomic mass is 19.4. The first-order valence-corrected chi connectivity index (χ1v) is 6.25. The number of ether oxygens (including phenoxy) is 1. The number of halogens is 3. The molecule has 1 aromatic carbocycles. The van der Waals surface area contributed by atoms with Crippen LogP contribution in [0.15, 0.2) is 18.2 Å². The Bertz CT molecular complexity index is 456. The van der Waals surface area contributed by atoms with Gasteiger partial charge in [0.25, 0.3) is 0 Å². The number of rotatable bonds is 5. The Kier molecular flexibility index (Phi) is 3.52. The molecule has 0 atom stereocenters. The number of benzene rings is 1. The molecule has 0 heterocycles. The molecule has 106 valence electrons. The van der Waals surface area contributed by atoms with Gasteiger partial charge in [-0.1, -0.05) is 6.92 Å². The standard InChI is InChI=1S/C13H17F3N2O/c1-2-7-19-11-8-9(3-4-10(11)17)18-12(5-6-12)13(14,15)16/h3-4,8,18H,2,5-7,17H2,1H3. The zero-order valence-electron chi connectivity index (χ0n) is 10.7. The zero-order valence-corrected chi connectivity index (χ0v) is 10.7. The molecule has 0 spiro atoms. The molecule has 0 aromatic heterocycles. The van der Waals surface area contributed by atoms with Gasteiger partial charge in [-0.2, -0.15) is 13.2 Å². The summed E-state index contributed by atoms with van der Waals surface area (Å²) >= 11 is 0. The molecule has 3 N–H and O–H groups in total. The number of nitrogens with two attached hydrogens (primary N) is 1. The average molecular weight is 274 g/mol. The van der Waals surface area contributed by atoms with E-state index in [1.165, 1.54) is 6.07 Å². The van der Waals surface area contributed by atoms with Crippen LogP contribution in [0, 0.1) is 0 Å². The van der Waals surface area contributed by atoms with Gasteiger partial charge in [-0.25, -0.2) is 0 Å². The minimum atomic E-state index is -4.24. The maximum atomic E-state index is 12.8. The molecule has 1 aliphatic rings. The third kappa shape index (κ3) is 2.88. The Morgan fingerprint density at radius 2 is 2.05 bits per heavy atom. The number of hydrogen-bond acceptors (Lipinski definition) is 3. The van der Waals surface area contributed by atoms with Crippen LogP contribution in [0.1, 0.15) is 26.2 Å². The van der Waals surface area contributed by atoms with Crippen molar-refractivity contribution in [2.45, 2.75) is 37.9 Å². The molecule has 3 nitrogen and oxygen atoms in total. The molecule has 2 rings (SSSR count). The van der Waals surface area contributed by atoms with E-state index in [1.54, 1.807) is 12.1 Å². The highest BCUT2D eigenvalue weighted by Crippen LogP contribution is 2.51. The van der Waals surface area contributed by atoms with Crippen LogP contribution in [0.3, 0.4) is 0 Å². The van der Waals surface area contributed by atoms with Crippen LogP contribution in [0.4, 0.5) is 24.5 Å². The van der Waals surface area contributed by atoms with E-state index < -0.39 is 11.7 Å². The lowest BCUT2D eigenvalue weighted by atomic mass is 10.2. The fourth-order valence-corrected chi connectivity index (χ4v) is 1.83. The highest BCUT2D eigenvalue weighted by Gasteiger charge is 2.63. The van der Waals surface area contributed by atoms with Crippen LogP contribution >= 0.6 is 0 Å². The van der Waals surface area contributed by atoms with E-state index in [1.807, 2.05) is 6.92 Å². The van der Waals surface area contributed by atoms with Crippen molar-refractivity contribution in [2.24, 2.45) is 0 Å². The van der Waals surface area contributed by atoms with Crippen molar-refractivity contribution in [1.82, 2.24) is 0 Å². The van der Waals surface area contributed by atoms with Crippen molar-refractivity contribution in [3.8, 4) is 5.75 Å². The molecule has 0 amide bonds. The Balaban J connectivity index is 2.13. The van der Waals surface area contributed by atoms with E-state index in [0.29, 0.717) is 23.7 Å². The first kappa shape index (κ1) is 13.8. The predicted octanol–water partition coefficient (Wildman–Crippen LogP) is 3.56. The lowest BCUT2D eigenvalue weighted by Gasteiger charge is -2.22. The summed E-state index contributed by atoms with van der Waals surface area (Å²) in [5.41, 5.74) is 4.76. The van der Waals surface area contributed by atoms with Gasteiger partial charge < -0.3 is 15.8 Å². The number of hydrogen-bond donors (Lipinski definition) is 2. The fraction of sp³-hybridized carbons (Fsp3) is 0.538. The molecular formula is C13H17F3N2O. The number of nitrogens with one attached hydrogen (secondary N) is 1. The highest BCUT2D eigenvalue weighted by molar-refractivity contribution is 5.62. The number of alkyl halides is 3. The van der Waals surface area contributed by atoms with E-state index in [-0.39, 0.29) is 12.8 Å². The summed E-state index contributed by atoms with van der Waals surface area (Å²) in [5, 5.41) is 2.55. The molecule has 0 unspecified atom stereocenters. The van der Waals surface area contributed by atoms with E-state index in [4.69, 9.17) is 10.5 Å². The van der Waals surface area contributed by atoms with Crippen molar-refractivity contribution >= 4 is 11.4 Å². The van der Waals surface area contributed by atoms with Gasteiger partial charge in [-0.05, 0) is 31.4 Å². The summed E-state index contributed by atoms with van der Waals surface area (Å²) in [5.74, 6) is 0.421. The lowest BCUT2D eigenvalue weighted by molar-refractivity contribution is -0.151. The van der Waals surface area contributed by atoms with Gasteiger partial charge in [0.05, 0.1) is 12.3 Å². The van der Waals surface area contributed by atoms with Gasteiger partial charge in [-0.3, -0.25) is 0 Å². The summed E-state index contributed by atoms with van der Waals surface area (Å²) in [6, 6.07) is 4.62. The Morgan fingerprint density at radius 1 is 1.37 bits per heavy atom. The second kappa shape index (κ2) is 4.83. The van der Waals surface area contributed by atoms with Crippen molar-refractivity contribution < 1.29 is 17.9 Å². The van der Waals surface area contributed by atoms with Crippen LogP contribution in [0.25, 0.3) is 0 Å². The summed E-state index contributed by atoms with van der Waals surface area (Å²) in [4.78, 5) is 0. The van der Waals surface area contributed by atoms with Gasteiger partial charge in [0.1, 0.15) is 11.3 Å².